The lowest BCUT2D eigenvalue weighted by Gasteiger charge is -2.41. The number of methoxy groups -OCH3 is 2. The van der Waals surface area contributed by atoms with E-state index in [1.165, 1.54) is 12.8 Å². The summed E-state index contributed by atoms with van der Waals surface area (Å²) in [6, 6.07) is 5.26. The van der Waals surface area contributed by atoms with Gasteiger partial charge in [0.05, 0.1) is 20.3 Å². The Morgan fingerprint density at radius 3 is 2.20 bits per heavy atom. The molecule has 1 aliphatic carbocycles. The number of piperazine rings is 1. The van der Waals surface area contributed by atoms with Crippen LogP contribution in [0.3, 0.4) is 0 Å². The Balaban J connectivity index is 1.71. The molecule has 1 heterocycles. The van der Waals surface area contributed by atoms with Gasteiger partial charge in [0.25, 0.3) is 0 Å². The summed E-state index contributed by atoms with van der Waals surface area (Å²) < 4.78 is 10.7. The molecule has 2 aliphatic rings. The second kappa shape index (κ2) is 10.2. The number of ether oxygens (including phenoxy) is 2. The van der Waals surface area contributed by atoms with E-state index in [4.69, 9.17) is 9.47 Å². The first-order chi connectivity index (χ1) is 14.4. The molecule has 2 amide bonds. The molecular formula is C23H35N3O4. The van der Waals surface area contributed by atoms with E-state index in [1.54, 1.807) is 26.4 Å². The van der Waals surface area contributed by atoms with E-state index in [9.17, 15) is 9.59 Å². The molecule has 1 saturated heterocycles. The summed E-state index contributed by atoms with van der Waals surface area (Å²) >= 11 is 0. The van der Waals surface area contributed by atoms with E-state index >= 15 is 0 Å². The van der Waals surface area contributed by atoms with Crippen LogP contribution in [0.4, 0.5) is 5.69 Å². The minimum atomic E-state index is -0.170. The Bertz CT molecular complexity index is 738. The molecule has 166 valence electrons. The zero-order valence-electron chi connectivity index (χ0n) is 18.6. The maximum Gasteiger partial charge on any atom is 0.242 e. The Kier molecular flexibility index (Phi) is 7.58. The number of amides is 2. The second-order valence-corrected chi connectivity index (χ2v) is 8.56. The topological polar surface area (TPSA) is 71.1 Å². The van der Waals surface area contributed by atoms with Gasteiger partial charge in [-0.25, -0.2) is 0 Å². The molecule has 7 nitrogen and oxygen atoms in total. The Labute approximate surface area is 179 Å². The van der Waals surface area contributed by atoms with Crippen LogP contribution in [0.2, 0.25) is 0 Å². The molecule has 1 saturated carbocycles. The quantitative estimate of drug-likeness (QED) is 0.739. The first-order valence-corrected chi connectivity index (χ1v) is 11.0. The number of rotatable bonds is 7. The number of carbonyl (C=O) groups is 2. The number of nitrogens with zero attached hydrogens (tertiary/aromatic N) is 2. The minimum absolute atomic E-state index is 0.00975. The highest BCUT2D eigenvalue weighted by molar-refractivity contribution is 5.95. The lowest BCUT2D eigenvalue weighted by molar-refractivity contribution is -0.137. The minimum Gasteiger partial charge on any atom is -0.493 e. The Hall–Kier alpha value is -2.28. The van der Waals surface area contributed by atoms with Crippen LogP contribution in [0.5, 0.6) is 11.5 Å². The molecular weight excluding hydrogens is 382 g/mol. The summed E-state index contributed by atoms with van der Waals surface area (Å²) in [5.74, 6) is 1.81. The molecule has 0 radical (unpaired) electrons. The van der Waals surface area contributed by atoms with Crippen LogP contribution < -0.4 is 14.8 Å². The van der Waals surface area contributed by atoms with Crippen LogP contribution in [0.25, 0.3) is 0 Å². The van der Waals surface area contributed by atoms with Crippen molar-refractivity contribution in [3.8, 4) is 11.5 Å². The van der Waals surface area contributed by atoms with E-state index in [0.717, 1.165) is 25.9 Å². The number of hydrogen-bond acceptors (Lipinski definition) is 5. The first kappa shape index (κ1) is 22.4. The van der Waals surface area contributed by atoms with Crippen molar-refractivity contribution in [1.29, 1.82) is 0 Å². The average Bonchev–Trinajstić information content (AvgIpc) is 3.28. The predicted molar refractivity (Wildman–Crippen MR) is 117 cm³/mol. The average molecular weight is 418 g/mol. The first-order valence-electron chi connectivity index (χ1n) is 11.0. The van der Waals surface area contributed by atoms with Crippen LogP contribution in [0.1, 0.15) is 39.5 Å². The molecule has 1 N–H and O–H groups in total. The number of anilines is 1. The third kappa shape index (κ3) is 5.06. The zero-order chi connectivity index (χ0) is 21.7. The van der Waals surface area contributed by atoms with Gasteiger partial charge in [-0.2, -0.15) is 0 Å². The molecule has 0 bridgehead atoms. The van der Waals surface area contributed by atoms with E-state index in [2.05, 4.69) is 10.2 Å². The third-order valence-corrected chi connectivity index (χ3v) is 6.28. The summed E-state index contributed by atoms with van der Waals surface area (Å²) in [6.45, 7) is 6.71. The van der Waals surface area contributed by atoms with Crippen molar-refractivity contribution in [2.24, 2.45) is 11.8 Å². The number of hydrogen-bond donors (Lipinski definition) is 1. The Morgan fingerprint density at radius 2 is 1.63 bits per heavy atom. The van der Waals surface area contributed by atoms with Crippen LogP contribution in [-0.4, -0.2) is 68.1 Å². The van der Waals surface area contributed by atoms with E-state index in [-0.39, 0.29) is 23.8 Å². The standard InChI is InChI=1S/C23H35N3O4/c1-16(2)23(28)26-13-11-25(12-14-26)21(17-7-5-6-8-17)22(27)24-18-9-10-19(29-3)20(15-18)30-4/h9-10,15-17,21H,5-8,11-14H2,1-4H3,(H,24,27)/t21-/m0/s1. The fourth-order valence-corrected chi connectivity index (χ4v) is 4.67. The summed E-state index contributed by atoms with van der Waals surface area (Å²) in [5, 5.41) is 3.10. The van der Waals surface area contributed by atoms with Crippen molar-refractivity contribution in [2.45, 2.75) is 45.6 Å². The molecule has 2 fully saturated rings. The van der Waals surface area contributed by atoms with Crippen molar-refractivity contribution in [3.05, 3.63) is 18.2 Å². The van der Waals surface area contributed by atoms with Gasteiger partial charge < -0.3 is 19.7 Å². The number of benzene rings is 1. The molecule has 1 aromatic rings. The normalized spacial score (nSPS) is 19.0. The van der Waals surface area contributed by atoms with Crippen molar-refractivity contribution in [2.75, 3.05) is 45.7 Å². The summed E-state index contributed by atoms with van der Waals surface area (Å²) in [5.41, 5.74) is 0.703. The van der Waals surface area contributed by atoms with Crippen molar-refractivity contribution in [3.63, 3.8) is 0 Å². The van der Waals surface area contributed by atoms with Gasteiger partial charge in [0.1, 0.15) is 0 Å². The lowest BCUT2D eigenvalue weighted by Crippen LogP contribution is -2.57. The third-order valence-electron chi connectivity index (χ3n) is 6.28. The zero-order valence-corrected chi connectivity index (χ0v) is 18.6. The van der Waals surface area contributed by atoms with Crippen LogP contribution >= 0.6 is 0 Å². The van der Waals surface area contributed by atoms with Gasteiger partial charge in [0.15, 0.2) is 11.5 Å². The number of carbonyl (C=O) groups excluding carboxylic acids is 2. The van der Waals surface area contributed by atoms with E-state index in [0.29, 0.717) is 36.2 Å². The van der Waals surface area contributed by atoms with Gasteiger partial charge in [-0.3, -0.25) is 14.5 Å². The molecule has 0 aromatic heterocycles. The van der Waals surface area contributed by atoms with Crippen molar-refractivity contribution >= 4 is 17.5 Å². The molecule has 0 unspecified atom stereocenters. The molecule has 1 aromatic carbocycles. The maximum atomic E-state index is 13.4. The second-order valence-electron chi connectivity index (χ2n) is 8.56. The molecule has 1 aliphatic heterocycles. The van der Waals surface area contributed by atoms with E-state index in [1.807, 2.05) is 24.8 Å². The Morgan fingerprint density at radius 1 is 1.00 bits per heavy atom. The summed E-state index contributed by atoms with van der Waals surface area (Å²) in [6.07, 6.45) is 4.51. The van der Waals surface area contributed by atoms with Crippen LogP contribution in [0.15, 0.2) is 18.2 Å². The highest BCUT2D eigenvalue weighted by Crippen LogP contribution is 2.33. The monoisotopic (exact) mass is 417 g/mol. The summed E-state index contributed by atoms with van der Waals surface area (Å²) in [7, 11) is 3.18. The van der Waals surface area contributed by atoms with Gasteiger partial charge in [0, 0.05) is 43.9 Å². The van der Waals surface area contributed by atoms with Gasteiger partial charge in [-0.1, -0.05) is 26.7 Å². The van der Waals surface area contributed by atoms with Gasteiger partial charge in [0.2, 0.25) is 11.8 Å². The van der Waals surface area contributed by atoms with Crippen LogP contribution in [-0.2, 0) is 9.59 Å². The highest BCUT2D eigenvalue weighted by atomic mass is 16.5. The molecule has 1 atom stereocenters. The number of nitrogens with one attached hydrogen (secondary N) is 1. The molecule has 7 heteroatoms. The van der Waals surface area contributed by atoms with Crippen molar-refractivity contribution < 1.29 is 19.1 Å². The largest absolute Gasteiger partial charge is 0.493 e. The van der Waals surface area contributed by atoms with Gasteiger partial charge in [-0.15, -0.1) is 0 Å². The smallest absolute Gasteiger partial charge is 0.242 e. The maximum absolute atomic E-state index is 13.4. The fraction of sp³-hybridized carbons (Fsp3) is 0.652. The highest BCUT2D eigenvalue weighted by Gasteiger charge is 2.37. The van der Waals surface area contributed by atoms with Crippen LogP contribution in [0, 0.1) is 11.8 Å². The lowest BCUT2D eigenvalue weighted by atomic mass is 9.94. The molecule has 30 heavy (non-hydrogen) atoms. The van der Waals surface area contributed by atoms with Gasteiger partial charge >= 0.3 is 0 Å². The fourth-order valence-electron chi connectivity index (χ4n) is 4.67. The van der Waals surface area contributed by atoms with Gasteiger partial charge in [-0.05, 0) is 30.9 Å². The molecule has 0 spiro atoms. The molecule has 3 rings (SSSR count). The van der Waals surface area contributed by atoms with Crippen molar-refractivity contribution in [1.82, 2.24) is 9.80 Å². The summed E-state index contributed by atoms with van der Waals surface area (Å²) in [4.78, 5) is 29.9. The van der Waals surface area contributed by atoms with E-state index < -0.39 is 0 Å². The predicted octanol–water partition coefficient (Wildman–Crippen LogP) is 3.00. The SMILES string of the molecule is COc1ccc(NC(=O)[C@H](C2CCCC2)N2CCN(C(=O)C(C)C)CC2)cc1OC.